The molecular formula is C11H8Cl3N3S. The number of halogens is 3. The average molecular weight is 321 g/mol. The van der Waals surface area contributed by atoms with Gasteiger partial charge in [-0.1, -0.05) is 52.6 Å². The van der Waals surface area contributed by atoms with Crippen LogP contribution in [0.2, 0.25) is 15.2 Å². The molecule has 94 valence electrons. The van der Waals surface area contributed by atoms with Crippen LogP contribution in [0, 0.1) is 0 Å². The summed E-state index contributed by atoms with van der Waals surface area (Å²) < 4.78 is 0. The summed E-state index contributed by atoms with van der Waals surface area (Å²) in [7, 11) is 0. The molecule has 18 heavy (non-hydrogen) atoms. The maximum atomic E-state index is 6.07. The van der Waals surface area contributed by atoms with Crippen LogP contribution in [0.15, 0.2) is 29.4 Å². The first-order valence-corrected chi connectivity index (χ1v) is 7.03. The third kappa shape index (κ3) is 3.65. The Hall–Kier alpha value is -0.680. The highest BCUT2D eigenvalue weighted by Gasteiger charge is 2.06. The summed E-state index contributed by atoms with van der Waals surface area (Å²) in [5, 5.41) is 2.07. The van der Waals surface area contributed by atoms with E-state index in [-0.39, 0.29) is 0 Å². The van der Waals surface area contributed by atoms with E-state index < -0.39 is 0 Å². The third-order valence-electron chi connectivity index (χ3n) is 2.07. The largest absolute Gasteiger partial charge is 0.384 e. The van der Waals surface area contributed by atoms with E-state index in [4.69, 9.17) is 40.5 Å². The van der Waals surface area contributed by atoms with Gasteiger partial charge in [-0.15, -0.1) is 0 Å². The van der Waals surface area contributed by atoms with Crippen LogP contribution in [0.4, 0.5) is 5.82 Å². The molecule has 0 unspecified atom stereocenters. The summed E-state index contributed by atoms with van der Waals surface area (Å²) in [5.74, 6) is 0.968. The second kappa shape index (κ2) is 5.97. The Kier molecular flexibility index (Phi) is 4.56. The van der Waals surface area contributed by atoms with Gasteiger partial charge in [-0.3, -0.25) is 0 Å². The number of hydrogen-bond acceptors (Lipinski definition) is 4. The molecular weight excluding hydrogens is 313 g/mol. The molecule has 0 spiro atoms. The first-order chi connectivity index (χ1) is 8.54. The van der Waals surface area contributed by atoms with Crippen LogP contribution in [-0.2, 0) is 5.75 Å². The number of nitrogen functional groups attached to an aromatic ring is 1. The molecule has 1 aromatic heterocycles. The molecule has 0 bridgehead atoms. The molecule has 7 heteroatoms. The Labute approximate surface area is 124 Å². The summed E-state index contributed by atoms with van der Waals surface area (Å²) >= 11 is 19.1. The summed E-state index contributed by atoms with van der Waals surface area (Å²) in [6.07, 6.45) is 0. The summed E-state index contributed by atoms with van der Waals surface area (Å²) in [6.45, 7) is 0. The van der Waals surface area contributed by atoms with E-state index in [9.17, 15) is 0 Å². The van der Waals surface area contributed by atoms with Crippen LogP contribution >= 0.6 is 46.6 Å². The van der Waals surface area contributed by atoms with Gasteiger partial charge in [0.05, 0.1) is 0 Å². The van der Waals surface area contributed by atoms with Crippen molar-refractivity contribution in [2.24, 2.45) is 0 Å². The number of benzene rings is 1. The Morgan fingerprint density at radius 3 is 2.56 bits per heavy atom. The Balaban J connectivity index is 2.11. The quantitative estimate of drug-likeness (QED) is 0.520. The lowest BCUT2D eigenvalue weighted by Crippen LogP contribution is -1.95. The van der Waals surface area contributed by atoms with Crippen molar-refractivity contribution < 1.29 is 0 Å². The van der Waals surface area contributed by atoms with E-state index in [1.807, 2.05) is 6.07 Å². The first-order valence-electron chi connectivity index (χ1n) is 4.91. The second-order valence-corrected chi connectivity index (χ2v) is 5.60. The van der Waals surface area contributed by atoms with E-state index in [1.54, 1.807) is 12.1 Å². The zero-order valence-corrected chi connectivity index (χ0v) is 12.1. The van der Waals surface area contributed by atoms with Gasteiger partial charge in [-0.05, 0) is 17.7 Å². The highest BCUT2D eigenvalue weighted by atomic mass is 35.5. The molecule has 0 aliphatic carbocycles. The number of hydrogen-bond donors (Lipinski definition) is 1. The van der Waals surface area contributed by atoms with Gasteiger partial charge in [0.15, 0.2) is 5.16 Å². The third-order valence-corrected chi connectivity index (χ3v) is 3.74. The normalized spacial score (nSPS) is 10.6. The number of rotatable bonds is 3. The van der Waals surface area contributed by atoms with Gasteiger partial charge in [0, 0.05) is 21.9 Å². The van der Waals surface area contributed by atoms with Crippen molar-refractivity contribution >= 4 is 52.4 Å². The molecule has 0 fully saturated rings. The van der Waals surface area contributed by atoms with Gasteiger partial charge in [0.25, 0.3) is 0 Å². The molecule has 0 aliphatic rings. The molecule has 0 radical (unpaired) electrons. The molecule has 0 saturated heterocycles. The fourth-order valence-electron chi connectivity index (χ4n) is 1.26. The van der Waals surface area contributed by atoms with Crippen LogP contribution in [0.5, 0.6) is 0 Å². The summed E-state index contributed by atoms with van der Waals surface area (Å²) in [5.41, 5.74) is 6.54. The van der Waals surface area contributed by atoms with Crippen molar-refractivity contribution in [2.75, 3.05) is 5.73 Å². The van der Waals surface area contributed by atoms with Gasteiger partial charge in [-0.2, -0.15) is 0 Å². The number of thioether (sulfide) groups is 1. The van der Waals surface area contributed by atoms with Crippen molar-refractivity contribution in [3.8, 4) is 0 Å². The van der Waals surface area contributed by atoms with Gasteiger partial charge < -0.3 is 5.73 Å². The van der Waals surface area contributed by atoms with E-state index >= 15 is 0 Å². The standard InChI is InChI=1S/C11H8Cl3N3S/c12-7-2-1-6(8(13)3-7)5-18-11-16-9(14)4-10(15)17-11/h1-4H,5H2,(H2,15,16,17). The van der Waals surface area contributed by atoms with Crippen molar-refractivity contribution in [1.82, 2.24) is 9.97 Å². The van der Waals surface area contributed by atoms with Crippen LogP contribution in [0.25, 0.3) is 0 Å². The fourth-order valence-corrected chi connectivity index (χ4v) is 2.92. The molecule has 3 nitrogen and oxygen atoms in total. The molecule has 0 atom stereocenters. The molecule has 0 amide bonds. The lowest BCUT2D eigenvalue weighted by molar-refractivity contribution is 0.976. The van der Waals surface area contributed by atoms with Crippen molar-refractivity contribution in [1.29, 1.82) is 0 Å². The summed E-state index contributed by atoms with van der Waals surface area (Å²) in [6, 6.07) is 6.86. The number of nitrogens with two attached hydrogens (primary N) is 1. The monoisotopic (exact) mass is 319 g/mol. The molecule has 0 aliphatic heterocycles. The van der Waals surface area contributed by atoms with Crippen LogP contribution in [-0.4, -0.2) is 9.97 Å². The van der Waals surface area contributed by atoms with Gasteiger partial charge >= 0.3 is 0 Å². The highest BCUT2D eigenvalue weighted by Crippen LogP contribution is 2.27. The molecule has 2 rings (SSSR count). The van der Waals surface area contributed by atoms with E-state index in [1.165, 1.54) is 17.8 Å². The number of anilines is 1. The minimum atomic E-state index is 0.326. The van der Waals surface area contributed by atoms with E-state index in [2.05, 4.69) is 9.97 Å². The lowest BCUT2D eigenvalue weighted by Gasteiger charge is -2.04. The maximum absolute atomic E-state index is 6.07. The molecule has 1 heterocycles. The Morgan fingerprint density at radius 1 is 1.11 bits per heavy atom. The number of aromatic nitrogens is 2. The van der Waals surface area contributed by atoms with Crippen LogP contribution in [0.1, 0.15) is 5.56 Å². The Morgan fingerprint density at radius 2 is 1.89 bits per heavy atom. The molecule has 0 saturated carbocycles. The SMILES string of the molecule is Nc1cc(Cl)nc(SCc2ccc(Cl)cc2Cl)n1. The van der Waals surface area contributed by atoms with Crippen molar-refractivity contribution in [3.05, 3.63) is 45.0 Å². The van der Waals surface area contributed by atoms with E-state index in [0.29, 0.717) is 31.9 Å². The van der Waals surface area contributed by atoms with Crippen molar-refractivity contribution in [3.63, 3.8) is 0 Å². The Bertz CT molecular complexity index is 557. The lowest BCUT2D eigenvalue weighted by atomic mass is 10.2. The van der Waals surface area contributed by atoms with Gasteiger partial charge in [0.2, 0.25) is 0 Å². The fraction of sp³-hybridized carbons (Fsp3) is 0.0909. The molecule has 1 aromatic carbocycles. The first kappa shape index (κ1) is 13.7. The maximum Gasteiger partial charge on any atom is 0.191 e. The zero-order valence-electron chi connectivity index (χ0n) is 9.03. The topological polar surface area (TPSA) is 51.8 Å². The predicted octanol–water partition coefficient (Wildman–Crippen LogP) is 4.31. The zero-order chi connectivity index (χ0) is 13.1. The predicted molar refractivity (Wildman–Crippen MR) is 77.5 cm³/mol. The second-order valence-electron chi connectivity index (χ2n) is 3.42. The molecule has 2 N–H and O–H groups in total. The highest BCUT2D eigenvalue weighted by molar-refractivity contribution is 7.98. The van der Waals surface area contributed by atoms with Crippen LogP contribution in [0.3, 0.4) is 0 Å². The van der Waals surface area contributed by atoms with Gasteiger partial charge in [-0.25, -0.2) is 9.97 Å². The van der Waals surface area contributed by atoms with Gasteiger partial charge in [0.1, 0.15) is 11.0 Å². The minimum Gasteiger partial charge on any atom is -0.384 e. The van der Waals surface area contributed by atoms with Crippen molar-refractivity contribution in [2.45, 2.75) is 10.9 Å². The average Bonchev–Trinajstić information content (AvgIpc) is 2.26. The number of nitrogens with zero attached hydrogens (tertiary/aromatic N) is 2. The molecule has 2 aromatic rings. The minimum absolute atomic E-state index is 0.326. The summed E-state index contributed by atoms with van der Waals surface area (Å²) in [4.78, 5) is 8.14. The van der Waals surface area contributed by atoms with E-state index in [0.717, 1.165) is 5.56 Å². The smallest absolute Gasteiger partial charge is 0.191 e. The van der Waals surface area contributed by atoms with Crippen LogP contribution < -0.4 is 5.73 Å².